The van der Waals surface area contributed by atoms with Gasteiger partial charge in [0, 0.05) is 37.1 Å². The lowest BCUT2D eigenvalue weighted by Crippen LogP contribution is -2.05. The summed E-state index contributed by atoms with van der Waals surface area (Å²) >= 11 is 0. The fraction of sp³-hybridized carbons (Fsp3) is 0.385. The molecule has 0 saturated carbocycles. The topological polar surface area (TPSA) is 50.9 Å². The number of aliphatic hydroxyl groups is 1. The summed E-state index contributed by atoms with van der Waals surface area (Å²) in [4.78, 5) is 3.97. The first-order chi connectivity index (χ1) is 8.09. The van der Waals surface area contributed by atoms with Crippen molar-refractivity contribution in [1.29, 1.82) is 0 Å². The molecule has 0 aliphatic carbocycles. The van der Waals surface area contributed by atoms with Crippen LogP contribution in [0.2, 0.25) is 0 Å². The number of rotatable bonds is 3. The van der Waals surface area contributed by atoms with Gasteiger partial charge in [-0.2, -0.15) is 5.10 Å². The summed E-state index contributed by atoms with van der Waals surface area (Å²) in [5, 5.41) is 14.6. The van der Waals surface area contributed by atoms with Gasteiger partial charge in [-0.3, -0.25) is 9.67 Å². The summed E-state index contributed by atoms with van der Waals surface area (Å²) in [6.07, 6.45) is 3.57. The van der Waals surface area contributed by atoms with Crippen LogP contribution in [0.15, 0.2) is 24.5 Å². The molecular formula is C13H17N3O. The first-order valence-electron chi connectivity index (χ1n) is 5.66. The molecular weight excluding hydrogens is 214 g/mol. The van der Waals surface area contributed by atoms with Crippen molar-refractivity contribution in [2.45, 2.75) is 26.4 Å². The summed E-state index contributed by atoms with van der Waals surface area (Å²) in [6.45, 7) is 3.91. The van der Waals surface area contributed by atoms with Gasteiger partial charge in [0.2, 0.25) is 0 Å². The van der Waals surface area contributed by atoms with Crippen molar-refractivity contribution in [3.05, 3.63) is 47.0 Å². The molecule has 2 heterocycles. The number of nitrogens with zero attached hydrogens (tertiary/aromatic N) is 3. The van der Waals surface area contributed by atoms with E-state index in [1.165, 1.54) is 0 Å². The van der Waals surface area contributed by atoms with Crippen molar-refractivity contribution in [3.8, 4) is 0 Å². The first-order valence-corrected chi connectivity index (χ1v) is 5.66. The SMILES string of the molecule is Cc1nn(C)c(C)c1C(O)Cc1ccncc1. The average Bonchev–Trinajstić information content (AvgIpc) is 2.54. The molecule has 0 radical (unpaired) electrons. The fourth-order valence-corrected chi connectivity index (χ4v) is 2.12. The Hall–Kier alpha value is -1.68. The van der Waals surface area contributed by atoms with Gasteiger partial charge in [-0.05, 0) is 31.5 Å². The van der Waals surface area contributed by atoms with Crippen LogP contribution >= 0.6 is 0 Å². The van der Waals surface area contributed by atoms with Gasteiger partial charge in [0.1, 0.15) is 0 Å². The Labute approximate surface area is 101 Å². The molecule has 2 aromatic rings. The van der Waals surface area contributed by atoms with E-state index in [-0.39, 0.29) is 0 Å². The highest BCUT2D eigenvalue weighted by atomic mass is 16.3. The van der Waals surface area contributed by atoms with Gasteiger partial charge in [-0.15, -0.1) is 0 Å². The summed E-state index contributed by atoms with van der Waals surface area (Å²) < 4.78 is 1.81. The van der Waals surface area contributed by atoms with Crippen LogP contribution in [0.4, 0.5) is 0 Å². The third kappa shape index (κ3) is 2.36. The molecule has 4 nitrogen and oxygen atoms in total. The number of pyridine rings is 1. The molecule has 0 spiro atoms. The van der Waals surface area contributed by atoms with Crippen LogP contribution < -0.4 is 0 Å². The van der Waals surface area contributed by atoms with E-state index < -0.39 is 6.10 Å². The molecule has 4 heteroatoms. The zero-order valence-corrected chi connectivity index (χ0v) is 10.4. The maximum absolute atomic E-state index is 10.3. The molecule has 0 bridgehead atoms. The lowest BCUT2D eigenvalue weighted by Gasteiger charge is -2.11. The Morgan fingerprint density at radius 3 is 2.47 bits per heavy atom. The van der Waals surface area contributed by atoms with Crippen LogP contribution in [0.1, 0.15) is 28.6 Å². The highest BCUT2D eigenvalue weighted by Gasteiger charge is 2.18. The maximum Gasteiger partial charge on any atom is 0.0866 e. The minimum atomic E-state index is -0.508. The second-order valence-electron chi connectivity index (χ2n) is 4.28. The second kappa shape index (κ2) is 4.67. The van der Waals surface area contributed by atoms with Gasteiger partial charge in [0.05, 0.1) is 11.8 Å². The highest BCUT2D eigenvalue weighted by Crippen LogP contribution is 2.24. The van der Waals surface area contributed by atoms with Crippen molar-refractivity contribution in [3.63, 3.8) is 0 Å². The molecule has 0 fully saturated rings. The molecule has 0 saturated heterocycles. The molecule has 2 aromatic heterocycles. The summed E-state index contributed by atoms with van der Waals surface area (Å²) in [7, 11) is 1.89. The van der Waals surface area contributed by atoms with Gasteiger partial charge in [0.25, 0.3) is 0 Å². The molecule has 0 aliphatic rings. The van der Waals surface area contributed by atoms with E-state index in [4.69, 9.17) is 0 Å². The molecule has 1 N–H and O–H groups in total. The molecule has 17 heavy (non-hydrogen) atoms. The molecule has 0 aromatic carbocycles. The highest BCUT2D eigenvalue weighted by molar-refractivity contribution is 5.28. The van der Waals surface area contributed by atoms with Gasteiger partial charge in [0.15, 0.2) is 0 Å². The number of aliphatic hydroxyl groups excluding tert-OH is 1. The van der Waals surface area contributed by atoms with Crippen LogP contribution in [0.5, 0.6) is 0 Å². The smallest absolute Gasteiger partial charge is 0.0866 e. The van der Waals surface area contributed by atoms with Crippen molar-refractivity contribution < 1.29 is 5.11 Å². The molecule has 1 unspecified atom stereocenters. The molecule has 0 aliphatic heterocycles. The number of aryl methyl sites for hydroxylation is 2. The van der Waals surface area contributed by atoms with Crippen LogP contribution in [0.25, 0.3) is 0 Å². The number of aromatic nitrogens is 3. The minimum Gasteiger partial charge on any atom is -0.388 e. The standard InChI is InChI=1S/C13H17N3O/c1-9-13(10(2)16(3)15-9)12(17)8-11-4-6-14-7-5-11/h4-7,12,17H,8H2,1-3H3. The quantitative estimate of drug-likeness (QED) is 0.874. The largest absolute Gasteiger partial charge is 0.388 e. The number of hydrogen-bond donors (Lipinski definition) is 1. The molecule has 90 valence electrons. The van der Waals surface area contributed by atoms with E-state index in [9.17, 15) is 5.11 Å². The zero-order chi connectivity index (χ0) is 12.4. The monoisotopic (exact) mass is 231 g/mol. The maximum atomic E-state index is 10.3. The Balaban J connectivity index is 2.23. The van der Waals surface area contributed by atoms with Crippen molar-refractivity contribution in [2.24, 2.45) is 7.05 Å². The second-order valence-corrected chi connectivity index (χ2v) is 4.28. The summed E-state index contributed by atoms with van der Waals surface area (Å²) in [5.41, 5.74) is 3.93. The van der Waals surface area contributed by atoms with Gasteiger partial charge in [-0.25, -0.2) is 0 Å². The van der Waals surface area contributed by atoms with E-state index >= 15 is 0 Å². The average molecular weight is 231 g/mol. The van der Waals surface area contributed by atoms with E-state index in [1.54, 1.807) is 17.1 Å². The Bertz CT molecular complexity index is 505. The fourth-order valence-electron chi connectivity index (χ4n) is 2.12. The lowest BCUT2D eigenvalue weighted by atomic mass is 10.0. The molecule has 0 amide bonds. The molecule has 1 atom stereocenters. The predicted molar refractivity (Wildman–Crippen MR) is 65.6 cm³/mol. The van der Waals surface area contributed by atoms with Crippen molar-refractivity contribution in [2.75, 3.05) is 0 Å². The normalized spacial score (nSPS) is 12.7. The van der Waals surface area contributed by atoms with Crippen LogP contribution in [-0.4, -0.2) is 19.9 Å². The summed E-state index contributed by atoms with van der Waals surface area (Å²) in [6, 6.07) is 3.84. The first kappa shape index (κ1) is 11.8. The van der Waals surface area contributed by atoms with E-state index in [2.05, 4.69) is 10.1 Å². The Kier molecular flexibility index (Phi) is 3.24. The lowest BCUT2D eigenvalue weighted by molar-refractivity contribution is 0.177. The van der Waals surface area contributed by atoms with E-state index in [1.807, 2.05) is 33.0 Å². The van der Waals surface area contributed by atoms with Crippen molar-refractivity contribution in [1.82, 2.24) is 14.8 Å². The van der Waals surface area contributed by atoms with Crippen molar-refractivity contribution >= 4 is 0 Å². The Morgan fingerprint density at radius 2 is 1.94 bits per heavy atom. The van der Waals surface area contributed by atoms with Crippen LogP contribution in [0.3, 0.4) is 0 Å². The zero-order valence-electron chi connectivity index (χ0n) is 10.4. The van der Waals surface area contributed by atoms with E-state index in [0.717, 1.165) is 22.5 Å². The predicted octanol–water partition coefficient (Wildman–Crippen LogP) is 1.71. The van der Waals surface area contributed by atoms with E-state index in [0.29, 0.717) is 6.42 Å². The van der Waals surface area contributed by atoms with Gasteiger partial charge >= 0.3 is 0 Å². The van der Waals surface area contributed by atoms with Gasteiger partial charge < -0.3 is 5.11 Å². The minimum absolute atomic E-state index is 0.508. The Morgan fingerprint density at radius 1 is 1.29 bits per heavy atom. The molecule has 2 rings (SSSR count). The third-order valence-electron chi connectivity index (χ3n) is 3.08. The van der Waals surface area contributed by atoms with Gasteiger partial charge in [-0.1, -0.05) is 0 Å². The third-order valence-corrected chi connectivity index (χ3v) is 3.08. The summed E-state index contributed by atoms with van der Waals surface area (Å²) in [5.74, 6) is 0. The number of hydrogen-bond acceptors (Lipinski definition) is 3. The van der Waals surface area contributed by atoms with Crippen LogP contribution in [-0.2, 0) is 13.5 Å². The van der Waals surface area contributed by atoms with Crippen LogP contribution in [0, 0.1) is 13.8 Å².